The lowest BCUT2D eigenvalue weighted by Gasteiger charge is -2.12. The average molecular weight is 264 g/mol. The molecule has 19 heavy (non-hydrogen) atoms. The number of ether oxygens (including phenoxy) is 2. The van der Waals surface area contributed by atoms with Gasteiger partial charge in [-0.25, -0.2) is 4.79 Å². The van der Waals surface area contributed by atoms with Gasteiger partial charge in [-0.2, -0.15) is 0 Å². The topological polar surface area (TPSA) is 73.3 Å². The number of benzene rings is 1. The van der Waals surface area contributed by atoms with Gasteiger partial charge in [0.15, 0.2) is 11.5 Å². The van der Waals surface area contributed by atoms with Crippen molar-refractivity contribution in [2.24, 2.45) is 7.05 Å². The molecule has 0 aliphatic carbocycles. The van der Waals surface area contributed by atoms with E-state index in [9.17, 15) is 9.59 Å². The highest BCUT2D eigenvalue weighted by atomic mass is 16.5. The van der Waals surface area contributed by atoms with Crippen molar-refractivity contribution >= 4 is 10.9 Å². The molecule has 2 rings (SSSR count). The first-order chi connectivity index (χ1) is 9.08. The minimum absolute atomic E-state index is 0.359. The Balaban J connectivity index is 2.77. The Kier molecular flexibility index (Phi) is 3.59. The summed E-state index contributed by atoms with van der Waals surface area (Å²) in [5, 5.41) is 0.397. The van der Waals surface area contributed by atoms with Gasteiger partial charge >= 0.3 is 5.69 Å². The number of fused-ring (bicyclic) bond motifs is 1. The summed E-state index contributed by atoms with van der Waals surface area (Å²) in [5.74, 6) is 1.02. The smallest absolute Gasteiger partial charge is 0.328 e. The van der Waals surface area contributed by atoms with Gasteiger partial charge in [0.1, 0.15) is 0 Å². The van der Waals surface area contributed by atoms with E-state index in [-0.39, 0.29) is 5.56 Å². The highest BCUT2D eigenvalue weighted by Gasteiger charge is 2.11. The van der Waals surface area contributed by atoms with Crippen LogP contribution in [0.2, 0.25) is 0 Å². The van der Waals surface area contributed by atoms with Crippen molar-refractivity contribution in [3.63, 3.8) is 0 Å². The summed E-state index contributed by atoms with van der Waals surface area (Å²) in [4.78, 5) is 26.2. The molecule has 0 unspecified atom stereocenters. The fourth-order valence-electron chi connectivity index (χ4n) is 1.85. The number of H-pyrrole nitrogens is 1. The third-order valence-corrected chi connectivity index (χ3v) is 2.76. The normalized spacial score (nSPS) is 10.7. The first-order valence-corrected chi connectivity index (χ1v) is 6.11. The molecular weight excluding hydrogens is 248 g/mol. The van der Waals surface area contributed by atoms with Gasteiger partial charge in [-0.1, -0.05) is 0 Å². The quantitative estimate of drug-likeness (QED) is 0.895. The molecule has 6 nitrogen and oxygen atoms in total. The monoisotopic (exact) mass is 264 g/mol. The third kappa shape index (κ3) is 2.33. The standard InChI is InChI=1S/C13H16N2O4/c1-4-18-10-6-8-9(7-11(10)19-5-2)14-13(17)15(3)12(8)16/h6-7H,4-5H2,1-3H3,(H,14,17). The third-order valence-electron chi connectivity index (χ3n) is 2.76. The van der Waals surface area contributed by atoms with Crippen molar-refractivity contribution in [3.8, 4) is 11.5 Å². The minimum atomic E-state index is -0.455. The van der Waals surface area contributed by atoms with Gasteiger partial charge in [-0.05, 0) is 19.9 Å². The zero-order chi connectivity index (χ0) is 14.0. The Morgan fingerprint density at radius 2 is 1.68 bits per heavy atom. The van der Waals surface area contributed by atoms with Crippen LogP contribution < -0.4 is 20.7 Å². The van der Waals surface area contributed by atoms with Gasteiger partial charge in [0.2, 0.25) is 0 Å². The van der Waals surface area contributed by atoms with E-state index < -0.39 is 5.69 Å². The Morgan fingerprint density at radius 1 is 1.11 bits per heavy atom. The molecule has 0 saturated heterocycles. The SMILES string of the molecule is CCOc1cc2[nH]c(=O)n(C)c(=O)c2cc1OCC. The molecule has 0 spiro atoms. The Hall–Kier alpha value is -2.24. The minimum Gasteiger partial charge on any atom is -0.490 e. The second kappa shape index (κ2) is 5.17. The Morgan fingerprint density at radius 3 is 2.26 bits per heavy atom. The van der Waals surface area contributed by atoms with E-state index in [0.29, 0.717) is 35.6 Å². The molecule has 0 atom stereocenters. The zero-order valence-electron chi connectivity index (χ0n) is 11.1. The van der Waals surface area contributed by atoms with Crippen molar-refractivity contribution < 1.29 is 9.47 Å². The van der Waals surface area contributed by atoms with Crippen molar-refractivity contribution in [1.82, 2.24) is 9.55 Å². The summed E-state index contributed by atoms with van der Waals surface area (Å²) < 4.78 is 11.9. The Labute approximate surface area is 109 Å². The van der Waals surface area contributed by atoms with Crippen LogP contribution in [0.4, 0.5) is 0 Å². The predicted molar refractivity (Wildman–Crippen MR) is 72.1 cm³/mol. The number of nitrogens with zero attached hydrogens (tertiary/aromatic N) is 1. The number of aromatic amines is 1. The number of nitrogens with one attached hydrogen (secondary N) is 1. The average Bonchev–Trinajstić information content (AvgIpc) is 2.38. The second-order valence-electron chi connectivity index (χ2n) is 4.00. The number of rotatable bonds is 4. The Bertz CT molecular complexity index is 715. The molecule has 0 fully saturated rings. The van der Waals surface area contributed by atoms with Gasteiger partial charge in [0.25, 0.3) is 5.56 Å². The summed E-state index contributed by atoms with van der Waals surface area (Å²) in [5.41, 5.74) is -0.369. The highest BCUT2D eigenvalue weighted by molar-refractivity contribution is 5.81. The van der Waals surface area contributed by atoms with Gasteiger partial charge in [0, 0.05) is 13.1 Å². The van der Waals surface area contributed by atoms with Crippen LogP contribution in [0.5, 0.6) is 11.5 Å². The van der Waals surface area contributed by atoms with Crippen molar-refractivity contribution in [3.05, 3.63) is 33.0 Å². The van der Waals surface area contributed by atoms with Crippen molar-refractivity contribution in [2.45, 2.75) is 13.8 Å². The van der Waals surface area contributed by atoms with E-state index in [4.69, 9.17) is 9.47 Å². The molecule has 6 heteroatoms. The lowest BCUT2D eigenvalue weighted by atomic mass is 10.2. The molecule has 1 aromatic carbocycles. The first-order valence-electron chi connectivity index (χ1n) is 6.11. The molecule has 0 saturated carbocycles. The van der Waals surface area contributed by atoms with Crippen LogP contribution in [0.15, 0.2) is 21.7 Å². The summed E-state index contributed by atoms with van der Waals surface area (Å²) >= 11 is 0. The van der Waals surface area contributed by atoms with Crippen LogP contribution in [0, 0.1) is 0 Å². The predicted octanol–water partition coefficient (Wildman–Crippen LogP) is 1.02. The van der Waals surface area contributed by atoms with Gasteiger partial charge in [-0.3, -0.25) is 9.36 Å². The summed E-state index contributed by atoms with van der Waals surface area (Å²) in [7, 11) is 1.43. The first kappa shape index (κ1) is 13.2. The highest BCUT2D eigenvalue weighted by Crippen LogP contribution is 2.30. The zero-order valence-corrected chi connectivity index (χ0v) is 11.1. The van der Waals surface area contributed by atoms with Crippen LogP contribution in [0.3, 0.4) is 0 Å². The summed E-state index contributed by atoms with van der Waals surface area (Å²) in [6.45, 7) is 4.65. The van der Waals surface area contributed by atoms with E-state index in [1.54, 1.807) is 12.1 Å². The van der Waals surface area contributed by atoms with Gasteiger partial charge in [0.05, 0.1) is 24.1 Å². The largest absolute Gasteiger partial charge is 0.490 e. The maximum Gasteiger partial charge on any atom is 0.328 e. The van der Waals surface area contributed by atoms with Crippen LogP contribution in [-0.4, -0.2) is 22.8 Å². The number of hydrogen-bond donors (Lipinski definition) is 1. The molecule has 0 amide bonds. The van der Waals surface area contributed by atoms with Crippen LogP contribution >= 0.6 is 0 Å². The molecule has 0 aliphatic heterocycles. The molecule has 102 valence electrons. The van der Waals surface area contributed by atoms with E-state index in [1.807, 2.05) is 13.8 Å². The van der Waals surface area contributed by atoms with E-state index in [1.165, 1.54) is 7.05 Å². The molecule has 0 aliphatic rings. The van der Waals surface area contributed by atoms with Crippen LogP contribution in [-0.2, 0) is 7.05 Å². The lowest BCUT2D eigenvalue weighted by molar-refractivity contribution is 0.288. The van der Waals surface area contributed by atoms with E-state index in [2.05, 4.69) is 4.98 Å². The van der Waals surface area contributed by atoms with Crippen molar-refractivity contribution in [2.75, 3.05) is 13.2 Å². The molecule has 0 radical (unpaired) electrons. The van der Waals surface area contributed by atoms with Gasteiger partial charge in [-0.15, -0.1) is 0 Å². The van der Waals surface area contributed by atoms with E-state index >= 15 is 0 Å². The van der Waals surface area contributed by atoms with Crippen LogP contribution in [0.1, 0.15) is 13.8 Å². The fraction of sp³-hybridized carbons (Fsp3) is 0.385. The maximum absolute atomic E-state index is 12.0. The molecule has 0 bridgehead atoms. The van der Waals surface area contributed by atoms with Gasteiger partial charge < -0.3 is 14.5 Å². The maximum atomic E-state index is 12.0. The fourth-order valence-corrected chi connectivity index (χ4v) is 1.85. The van der Waals surface area contributed by atoms with Crippen LogP contribution in [0.25, 0.3) is 10.9 Å². The molecule has 1 heterocycles. The van der Waals surface area contributed by atoms with Crippen molar-refractivity contribution in [1.29, 1.82) is 0 Å². The van der Waals surface area contributed by atoms with E-state index in [0.717, 1.165) is 4.57 Å². The summed E-state index contributed by atoms with van der Waals surface area (Å²) in [6.07, 6.45) is 0. The molecule has 2 aromatic rings. The summed E-state index contributed by atoms with van der Waals surface area (Å²) in [6, 6.07) is 3.22. The number of aromatic nitrogens is 2. The second-order valence-corrected chi connectivity index (χ2v) is 4.00. The number of hydrogen-bond acceptors (Lipinski definition) is 4. The lowest BCUT2D eigenvalue weighted by Crippen LogP contribution is -2.32. The molecular formula is C13H16N2O4. The molecule has 1 N–H and O–H groups in total. The molecule has 1 aromatic heterocycles.